The van der Waals surface area contributed by atoms with Gasteiger partial charge in [0.1, 0.15) is 11.9 Å². The van der Waals surface area contributed by atoms with Crippen LogP contribution in [0.5, 0.6) is 5.75 Å². The summed E-state index contributed by atoms with van der Waals surface area (Å²) < 4.78 is 18.4. The highest BCUT2D eigenvalue weighted by Gasteiger charge is 2.52. The number of hydrogen-bond donors (Lipinski definition) is 0. The second kappa shape index (κ2) is 6.51. The van der Waals surface area contributed by atoms with E-state index in [1.807, 2.05) is 30.3 Å². The van der Waals surface area contributed by atoms with Gasteiger partial charge in [-0.15, -0.1) is 0 Å². The molecule has 0 spiro atoms. The van der Waals surface area contributed by atoms with E-state index in [-0.39, 0.29) is 24.4 Å². The van der Waals surface area contributed by atoms with Crippen LogP contribution in [0.1, 0.15) is 51.8 Å². The average Bonchev–Trinajstić information content (AvgIpc) is 2.76. The Morgan fingerprint density at radius 2 is 1.52 bits per heavy atom. The molecule has 2 aromatic rings. The van der Waals surface area contributed by atoms with E-state index in [0.29, 0.717) is 0 Å². The van der Waals surface area contributed by atoms with E-state index < -0.39 is 0 Å². The molecule has 0 saturated carbocycles. The van der Waals surface area contributed by atoms with Gasteiger partial charge in [-0.05, 0) is 70.3 Å². The molecule has 132 valence electrons. The smallest absolute Gasteiger partial charge is 0.486 e. The molecular weight excluding hydrogens is 311 g/mol. The summed E-state index contributed by atoms with van der Waals surface area (Å²) in [5, 5.41) is 0. The van der Waals surface area contributed by atoms with Crippen molar-refractivity contribution in [3.63, 3.8) is 0 Å². The molecule has 4 heteroatoms. The van der Waals surface area contributed by atoms with Gasteiger partial charge in [0, 0.05) is 0 Å². The van der Waals surface area contributed by atoms with Gasteiger partial charge < -0.3 is 14.0 Å². The van der Waals surface area contributed by atoms with Gasteiger partial charge in [0.25, 0.3) is 0 Å². The summed E-state index contributed by atoms with van der Waals surface area (Å²) in [4.78, 5) is 0. The van der Waals surface area contributed by atoms with Crippen LogP contribution in [-0.4, -0.2) is 18.3 Å². The van der Waals surface area contributed by atoms with Crippen molar-refractivity contribution in [3.05, 3.63) is 59.7 Å². The Labute approximate surface area is 151 Å². The van der Waals surface area contributed by atoms with E-state index in [9.17, 15) is 0 Å². The predicted octanol–water partition coefficient (Wildman–Crippen LogP) is 4.43. The lowest BCUT2D eigenvalue weighted by molar-refractivity contribution is 0.00578. The van der Waals surface area contributed by atoms with Crippen molar-refractivity contribution in [2.75, 3.05) is 0 Å². The summed E-state index contributed by atoms with van der Waals surface area (Å²) in [5.41, 5.74) is 2.66. The van der Waals surface area contributed by atoms with Gasteiger partial charge >= 0.3 is 7.12 Å². The van der Waals surface area contributed by atoms with Crippen LogP contribution in [0.2, 0.25) is 0 Å². The highest BCUT2D eigenvalue weighted by molar-refractivity contribution is 6.62. The van der Waals surface area contributed by atoms with Gasteiger partial charge in [-0.2, -0.15) is 0 Å². The molecule has 1 fully saturated rings. The number of hydrogen-bond acceptors (Lipinski definition) is 3. The Balaban J connectivity index is 1.76. The molecule has 0 bridgehead atoms. The van der Waals surface area contributed by atoms with Gasteiger partial charge in [0.15, 0.2) is 0 Å². The molecule has 0 amide bonds. The maximum atomic E-state index is 6.16. The average molecular weight is 338 g/mol. The Hall–Kier alpha value is -1.78. The molecule has 3 rings (SSSR count). The Bertz CT molecular complexity index is 724. The number of ether oxygens (including phenoxy) is 1. The molecule has 2 aromatic carbocycles. The summed E-state index contributed by atoms with van der Waals surface area (Å²) in [6.07, 6.45) is 0.00305. The van der Waals surface area contributed by atoms with Crippen LogP contribution < -0.4 is 10.2 Å². The van der Waals surface area contributed by atoms with Gasteiger partial charge in [-0.3, -0.25) is 0 Å². The van der Waals surface area contributed by atoms with E-state index in [1.54, 1.807) is 0 Å². The molecule has 1 saturated heterocycles. The zero-order valence-electron chi connectivity index (χ0n) is 16.0. The van der Waals surface area contributed by atoms with E-state index in [0.717, 1.165) is 22.3 Å². The monoisotopic (exact) mass is 338 g/mol. The van der Waals surface area contributed by atoms with Crippen LogP contribution in [-0.2, 0) is 9.31 Å². The van der Waals surface area contributed by atoms with Crippen molar-refractivity contribution in [2.24, 2.45) is 0 Å². The summed E-state index contributed by atoms with van der Waals surface area (Å²) in [6.45, 7) is 12.4. The van der Waals surface area contributed by atoms with Crippen molar-refractivity contribution in [1.82, 2.24) is 0 Å². The van der Waals surface area contributed by atoms with Crippen LogP contribution in [0.25, 0.3) is 0 Å². The molecule has 1 aliphatic rings. The van der Waals surface area contributed by atoms with Crippen LogP contribution >= 0.6 is 0 Å². The van der Waals surface area contributed by atoms with Gasteiger partial charge in [0.2, 0.25) is 0 Å². The van der Waals surface area contributed by atoms with Gasteiger partial charge in [0.05, 0.1) is 11.2 Å². The van der Waals surface area contributed by atoms with Crippen molar-refractivity contribution in [3.8, 4) is 5.75 Å². The molecule has 0 N–H and O–H groups in total. The minimum Gasteiger partial charge on any atom is -0.486 e. The molecule has 3 nitrogen and oxygen atoms in total. The minimum atomic E-state index is -0.342. The molecule has 1 aliphatic heterocycles. The third-order valence-corrected chi connectivity index (χ3v) is 5.33. The second-order valence-electron chi connectivity index (χ2n) is 7.78. The third-order valence-electron chi connectivity index (χ3n) is 5.33. The van der Waals surface area contributed by atoms with E-state index in [2.05, 4.69) is 59.7 Å². The van der Waals surface area contributed by atoms with Gasteiger partial charge in [-0.25, -0.2) is 0 Å². The first-order chi connectivity index (χ1) is 11.7. The van der Waals surface area contributed by atoms with E-state index in [1.165, 1.54) is 0 Å². The third kappa shape index (κ3) is 3.60. The second-order valence-corrected chi connectivity index (χ2v) is 7.78. The fourth-order valence-corrected chi connectivity index (χ4v) is 2.95. The summed E-state index contributed by atoms with van der Waals surface area (Å²) in [5.74, 6) is 0.856. The molecule has 0 radical (unpaired) electrons. The highest BCUT2D eigenvalue weighted by Crippen LogP contribution is 2.37. The molecule has 0 aliphatic carbocycles. The van der Waals surface area contributed by atoms with Crippen molar-refractivity contribution in [1.29, 1.82) is 0 Å². The lowest BCUT2D eigenvalue weighted by Gasteiger charge is -2.32. The maximum Gasteiger partial charge on any atom is 0.495 e. The summed E-state index contributed by atoms with van der Waals surface area (Å²) in [7, 11) is -0.342. The molecule has 1 atom stereocenters. The topological polar surface area (TPSA) is 27.7 Å². The van der Waals surface area contributed by atoms with Crippen molar-refractivity contribution in [2.45, 2.75) is 58.8 Å². The molecule has 0 aromatic heterocycles. The van der Waals surface area contributed by atoms with E-state index in [4.69, 9.17) is 14.0 Å². The van der Waals surface area contributed by atoms with Crippen molar-refractivity contribution < 1.29 is 14.0 Å². The van der Waals surface area contributed by atoms with Crippen LogP contribution in [0.15, 0.2) is 48.5 Å². The fourth-order valence-electron chi connectivity index (χ4n) is 2.95. The first kappa shape index (κ1) is 18.0. The van der Waals surface area contributed by atoms with Gasteiger partial charge in [-0.1, -0.05) is 36.4 Å². The van der Waals surface area contributed by atoms with Crippen LogP contribution in [0, 0.1) is 6.92 Å². The zero-order chi connectivity index (χ0) is 18.2. The zero-order valence-corrected chi connectivity index (χ0v) is 16.0. The quantitative estimate of drug-likeness (QED) is 0.772. The van der Waals surface area contributed by atoms with E-state index >= 15 is 0 Å². The van der Waals surface area contributed by atoms with Crippen LogP contribution in [0.3, 0.4) is 0 Å². The Kier molecular flexibility index (Phi) is 4.69. The lowest BCUT2D eigenvalue weighted by Crippen LogP contribution is -2.41. The molecule has 1 heterocycles. The van der Waals surface area contributed by atoms with Crippen LogP contribution in [0.4, 0.5) is 0 Å². The largest absolute Gasteiger partial charge is 0.495 e. The van der Waals surface area contributed by atoms with Crippen molar-refractivity contribution >= 4 is 12.6 Å². The first-order valence-corrected chi connectivity index (χ1v) is 8.87. The highest BCUT2D eigenvalue weighted by atomic mass is 16.7. The Morgan fingerprint density at radius 1 is 0.920 bits per heavy atom. The molecule has 0 unspecified atom stereocenters. The summed E-state index contributed by atoms with van der Waals surface area (Å²) in [6, 6.07) is 16.3. The first-order valence-electron chi connectivity index (χ1n) is 8.87. The number of rotatable bonds is 4. The lowest BCUT2D eigenvalue weighted by atomic mass is 9.76. The standard InChI is InChI=1S/C21H27BO3/c1-15-14-18(23-16(2)17-10-8-7-9-11-17)12-13-19(15)22-24-20(3,4)21(5,6)25-22/h7-14,16H,1-6H3/t16-/m1/s1. The Morgan fingerprint density at radius 3 is 2.08 bits per heavy atom. The number of aryl methyl sites for hydroxylation is 1. The maximum absolute atomic E-state index is 6.16. The number of benzene rings is 2. The fraction of sp³-hybridized carbons (Fsp3) is 0.429. The molecular formula is C21H27BO3. The minimum absolute atomic E-state index is 0.00305. The SMILES string of the molecule is Cc1cc(O[C@H](C)c2ccccc2)ccc1B1OC(C)(C)C(C)(C)O1. The predicted molar refractivity (Wildman–Crippen MR) is 102 cm³/mol. The molecule has 25 heavy (non-hydrogen) atoms. The summed E-state index contributed by atoms with van der Waals surface area (Å²) >= 11 is 0. The normalized spacial score (nSPS) is 19.7.